The summed E-state index contributed by atoms with van der Waals surface area (Å²) in [6, 6.07) is 6.00. The van der Waals surface area contributed by atoms with Crippen molar-refractivity contribution in [2.45, 2.75) is 27.2 Å². The molecule has 0 aliphatic rings. The third-order valence-corrected chi connectivity index (χ3v) is 4.54. The molecular formula is C16H19NO3S. The van der Waals surface area contributed by atoms with Gasteiger partial charge in [-0.2, -0.15) is 0 Å². The van der Waals surface area contributed by atoms with Crippen molar-refractivity contribution in [1.29, 1.82) is 0 Å². The first kappa shape index (κ1) is 15.5. The summed E-state index contributed by atoms with van der Waals surface area (Å²) in [4.78, 5) is 23.2. The minimum atomic E-state index is -0.854. The fraction of sp³-hybridized carbons (Fsp3) is 0.375. The smallest absolute Gasteiger partial charge is 0.309 e. The molecule has 1 aromatic heterocycles. The van der Waals surface area contributed by atoms with Gasteiger partial charge >= 0.3 is 5.97 Å². The van der Waals surface area contributed by atoms with E-state index in [0.717, 1.165) is 10.1 Å². The highest BCUT2D eigenvalue weighted by molar-refractivity contribution is 7.17. The molecular weight excluding hydrogens is 286 g/mol. The van der Waals surface area contributed by atoms with Gasteiger partial charge in [0.05, 0.1) is 11.0 Å². The highest BCUT2D eigenvalue weighted by Crippen LogP contribution is 2.27. The summed E-state index contributed by atoms with van der Waals surface area (Å²) in [5.41, 5.74) is 0.990. The van der Waals surface area contributed by atoms with E-state index in [1.165, 1.54) is 5.56 Å². The molecule has 21 heavy (non-hydrogen) atoms. The lowest BCUT2D eigenvalue weighted by Crippen LogP contribution is -2.31. The van der Waals surface area contributed by atoms with Gasteiger partial charge in [-0.05, 0) is 38.8 Å². The summed E-state index contributed by atoms with van der Waals surface area (Å²) in [5.74, 6) is -1.00. The number of carbonyl (C=O) groups is 2. The number of thiophene rings is 1. The average molecular weight is 305 g/mol. The lowest BCUT2D eigenvalue weighted by Gasteiger charge is -2.18. The topological polar surface area (TPSA) is 66.4 Å². The standard InChI is InChI=1S/C16H19NO3S/c1-10-4-5-11-12(9-21-13(11)8-10)14(18)17-7-6-16(2,3)15(19)20/h4-5,8-9H,6-7H2,1-3H3,(H,17,18)(H,19,20). The SMILES string of the molecule is Cc1ccc2c(C(=O)NCCC(C)(C)C(=O)O)csc2c1. The van der Waals surface area contributed by atoms with E-state index >= 15 is 0 Å². The van der Waals surface area contributed by atoms with E-state index < -0.39 is 11.4 Å². The van der Waals surface area contributed by atoms with Gasteiger partial charge in [0.1, 0.15) is 0 Å². The zero-order chi connectivity index (χ0) is 15.6. The Bertz CT molecular complexity index is 688. The number of aliphatic carboxylic acids is 1. The third kappa shape index (κ3) is 3.42. The van der Waals surface area contributed by atoms with Gasteiger partial charge in [-0.1, -0.05) is 12.1 Å². The van der Waals surface area contributed by atoms with Crippen LogP contribution in [0.15, 0.2) is 23.6 Å². The maximum absolute atomic E-state index is 12.2. The number of carboxylic acid groups (broad SMARTS) is 1. The van der Waals surface area contributed by atoms with Crippen molar-refractivity contribution in [3.63, 3.8) is 0 Å². The second kappa shape index (κ2) is 5.85. The second-order valence-corrected chi connectivity index (χ2v) is 6.76. The highest BCUT2D eigenvalue weighted by atomic mass is 32.1. The number of fused-ring (bicyclic) bond motifs is 1. The molecule has 0 spiro atoms. The molecule has 0 aliphatic carbocycles. The molecule has 5 heteroatoms. The molecule has 2 rings (SSSR count). The molecule has 0 bridgehead atoms. The molecule has 2 N–H and O–H groups in total. The maximum atomic E-state index is 12.2. The van der Waals surface area contributed by atoms with Crippen molar-refractivity contribution >= 4 is 33.3 Å². The van der Waals surface area contributed by atoms with Gasteiger partial charge in [-0.25, -0.2) is 0 Å². The number of carbonyl (C=O) groups excluding carboxylic acids is 1. The third-order valence-electron chi connectivity index (χ3n) is 3.59. The number of benzene rings is 1. The van der Waals surface area contributed by atoms with Gasteiger partial charge in [0, 0.05) is 22.0 Å². The molecule has 1 amide bonds. The van der Waals surface area contributed by atoms with Crippen molar-refractivity contribution in [3.8, 4) is 0 Å². The summed E-state index contributed by atoms with van der Waals surface area (Å²) < 4.78 is 1.09. The summed E-state index contributed by atoms with van der Waals surface area (Å²) in [6.45, 7) is 5.68. The molecule has 0 radical (unpaired) electrons. The van der Waals surface area contributed by atoms with E-state index in [9.17, 15) is 9.59 Å². The maximum Gasteiger partial charge on any atom is 0.309 e. The second-order valence-electron chi connectivity index (χ2n) is 5.84. The van der Waals surface area contributed by atoms with Gasteiger partial charge in [0.2, 0.25) is 0 Å². The van der Waals surface area contributed by atoms with E-state index in [0.29, 0.717) is 18.5 Å². The molecule has 0 atom stereocenters. The summed E-state index contributed by atoms with van der Waals surface area (Å²) in [7, 11) is 0. The lowest BCUT2D eigenvalue weighted by atomic mass is 9.90. The van der Waals surface area contributed by atoms with Crippen LogP contribution in [0, 0.1) is 12.3 Å². The number of aryl methyl sites for hydroxylation is 1. The van der Waals surface area contributed by atoms with Crippen molar-refractivity contribution in [2.75, 3.05) is 6.54 Å². The highest BCUT2D eigenvalue weighted by Gasteiger charge is 2.26. The largest absolute Gasteiger partial charge is 0.481 e. The van der Waals surface area contributed by atoms with E-state index in [1.54, 1.807) is 25.2 Å². The molecule has 4 nitrogen and oxygen atoms in total. The monoisotopic (exact) mass is 305 g/mol. The van der Waals surface area contributed by atoms with Crippen LogP contribution in [0.5, 0.6) is 0 Å². The van der Waals surface area contributed by atoms with Crippen molar-refractivity contribution in [1.82, 2.24) is 5.32 Å². The van der Waals surface area contributed by atoms with Crippen LogP contribution in [0.1, 0.15) is 36.2 Å². The summed E-state index contributed by atoms with van der Waals surface area (Å²) in [6.07, 6.45) is 0.398. The molecule has 0 saturated heterocycles. The van der Waals surface area contributed by atoms with Crippen LogP contribution in [0.4, 0.5) is 0 Å². The van der Waals surface area contributed by atoms with E-state index in [-0.39, 0.29) is 5.91 Å². The molecule has 112 valence electrons. The number of amides is 1. The predicted molar refractivity (Wildman–Crippen MR) is 84.9 cm³/mol. The minimum absolute atomic E-state index is 0.147. The molecule has 1 heterocycles. The fourth-order valence-electron chi connectivity index (χ4n) is 2.00. The van der Waals surface area contributed by atoms with Crippen LogP contribution in [-0.4, -0.2) is 23.5 Å². The van der Waals surface area contributed by atoms with Gasteiger partial charge in [-0.3, -0.25) is 9.59 Å². The Kier molecular flexibility index (Phi) is 4.32. The Morgan fingerprint density at radius 3 is 2.71 bits per heavy atom. The normalized spacial score (nSPS) is 11.6. The predicted octanol–water partition coefficient (Wildman–Crippen LogP) is 3.44. The Labute approximate surface area is 127 Å². The molecule has 0 saturated carbocycles. The van der Waals surface area contributed by atoms with Crippen LogP contribution in [0.3, 0.4) is 0 Å². The van der Waals surface area contributed by atoms with Gasteiger partial charge in [-0.15, -0.1) is 11.3 Å². The zero-order valence-corrected chi connectivity index (χ0v) is 13.2. The number of hydrogen-bond acceptors (Lipinski definition) is 3. The first-order valence-electron chi connectivity index (χ1n) is 6.81. The van der Waals surface area contributed by atoms with Gasteiger partial charge in [0.25, 0.3) is 5.91 Å². The van der Waals surface area contributed by atoms with Crippen LogP contribution < -0.4 is 5.32 Å². The quantitative estimate of drug-likeness (QED) is 0.889. The minimum Gasteiger partial charge on any atom is -0.481 e. The number of rotatable bonds is 5. The number of carboxylic acids is 1. The van der Waals surface area contributed by atoms with Crippen molar-refractivity contribution in [3.05, 3.63) is 34.7 Å². The Morgan fingerprint density at radius 2 is 2.05 bits per heavy atom. The van der Waals surface area contributed by atoms with Gasteiger partial charge in [0.15, 0.2) is 0 Å². The zero-order valence-electron chi connectivity index (χ0n) is 12.4. The average Bonchev–Trinajstić information content (AvgIpc) is 2.81. The van der Waals surface area contributed by atoms with E-state index in [4.69, 9.17) is 5.11 Å². The first-order valence-corrected chi connectivity index (χ1v) is 7.69. The fourth-order valence-corrected chi connectivity index (χ4v) is 3.04. The van der Waals surface area contributed by atoms with Gasteiger partial charge < -0.3 is 10.4 Å². The number of nitrogens with one attached hydrogen (secondary N) is 1. The van der Waals surface area contributed by atoms with Crippen molar-refractivity contribution < 1.29 is 14.7 Å². The van der Waals surface area contributed by atoms with Crippen molar-refractivity contribution in [2.24, 2.45) is 5.41 Å². The lowest BCUT2D eigenvalue weighted by molar-refractivity contribution is -0.147. The molecule has 1 aromatic carbocycles. The Hall–Kier alpha value is -1.88. The Balaban J connectivity index is 2.05. The van der Waals surface area contributed by atoms with E-state index in [1.807, 2.05) is 24.4 Å². The molecule has 0 fully saturated rings. The molecule has 0 aliphatic heterocycles. The molecule has 2 aromatic rings. The van der Waals surface area contributed by atoms with Crippen LogP contribution in [-0.2, 0) is 4.79 Å². The first-order chi connectivity index (χ1) is 9.81. The van der Waals surface area contributed by atoms with E-state index in [2.05, 4.69) is 11.4 Å². The van der Waals surface area contributed by atoms with Crippen LogP contribution in [0.25, 0.3) is 10.1 Å². The molecule has 0 unspecified atom stereocenters. The number of hydrogen-bond donors (Lipinski definition) is 2. The van der Waals surface area contributed by atoms with Crippen LogP contribution in [0.2, 0.25) is 0 Å². The Morgan fingerprint density at radius 1 is 1.33 bits per heavy atom. The van der Waals surface area contributed by atoms with Crippen LogP contribution >= 0.6 is 11.3 Å². The summed E-state index contributed by atoms with van der Waals surface area (Å²) in [5, 5.41) is 14.6. The summed E-state index contributed by atoms with van der Waals surface area (Å²) >= 11 is 1.55.